The smallest absolute Gasteiger partial charge is 0.190 e. The molecule has 0 bridgehead atoms. The van der Waals surface area contributed by atoms with Crippen LogP contribution in [0.5, 0.6) is 0 Å². The maximum atomic E-state index is 10.7. The molecule has 6 heteroatoms. The van der Waals surface area contributed by atoms with Crippen molar-refractivity contribution in [2.45, 2.75) is 24.8 Å². The zero-order valence-corrected chi connectivity index (χ0v) is 13.9. The molecule has 0 N–H and O–H groups in total. The van der Waals surface area contributed by atoms with Gasteiger partial charge in [0.05, 0.1) is 5.97 Å². The van der Waals surface area contributed by atoms with Crippen molar-refractivity contribution >= 4 is 23.5 Å². The zero-order chi connectivity index (χ0) is 16.3. The van der Waals surface area contributed by atoms with Crippen molar-refractivity contribution < 1.29 is 9.90 Å². The Balaban J connectivity index is 2.13. The fraction of sp³-hybridized carbons (Fsp3) is 0.312. The minimum Gasteiger partial charge on any atom is -0.545 e. The molecule has 1 aromatic heterocycles. The monoisotopic (exact) mass is 316 g/mol. The van der Waals surface area contributed by atoms with Crippen LogP contribution in [0.25, 0.3) is 0 Å². The van der Waals surface area contributed by atoms with Gasteiger partial charge in [0.1, 0.15) is 5.82 Å². The molecule has 0 aliphatic carbocycles. The minimum atomic E-state index is -1.16. The second-order valence-electron chi connectivity index (χ2n) is 5.21. The van der Waals surface area contributed by atoms with Crippen LogP contribution in [0.4, 0.5) is 5.82 Å². The first-order valence-corrected chi connectivity index (χ1v) is 7.82. The van der Waals surface area contributed by atoms with Crippen molar-refractivity contribution in [3.63, 3.8) is 0 Å². The van der Waals surface area contributed by atoms with Crippen LogP contribution < -0.4 is 10.0 Å². The number of carbonyl (C=O) groups excluding carboxylic acids is 1. The average Bonchev–Trinajstić information content (AvgIpc) is 2.48. The third-order valence-electron chi connectivity index (χ3n) is 3.32. The van der Waals surface area contributed by atoms with Crippen molar-refractivity contribution in [1.29, 1.82) is 0 Å². The second kappa shape index (κ2) is 6.79. The number of aryl methyl sites for hydroxylation is 1. The molecule has 2 aromatic rings. The van der Waals surface area contributed by atoms with Gasteiger partial charge in [-0.1, -0.05) is 36.0 Å². The molecule has 116 valence electrons. The Hall–Kier alpha value is -2.08. The lowest BCUT2D eigenvalue weighted by molar-refractivity contribution is -0.255. The molecule has 5 nitrogen and oxygen atoms in total. The van der Waals surface area contributed by atoms with Gasteiger partial charge in [-0.25, -0.2) is 9.97 Å². The van der Waals surface area contributed by atoms with E-state index in [0.717, 1.165) is 27.8 Å². The summed E-state index contributed by atoms with van der Waals surface area (Å²) in [5, 5.41) is 11.4. The number of hydrogen-bond donors (Lipinski definition) is 0. The minimum absolute atomic E-state index is 0.186. The topological polar surface area (TPSA) is 69.1 Å². The average molecular weight is 316 g/mol. The Morgan fingerprint density at radius 3 is 2.36 bits per heavy atom. The van der Waals surface area contributed by atoms with E-state index in [0.29, 0.717) is 5.75 Å². The van der Waals surface area contributed by atoms with Crippen LogP contribution in [-0.2, 0) is 5.75 Å². The molecule has 0 saturated heterocycles. The molecule has 0 aliphatic rings. The Morgan fingerprint density at radius 1 is 1.18 bits per heavy atom. The lowest BCUT2D eigenvalue weighted by Crippen LogP contribution is -2.21. The number of hydrogen-bond acceptors (Lipinski definition) is 6. The molecule has 2 rings (SSSR count). The third kappa shape index (κ3) is 3.76. The molecule has 0 amide bonds. The summed E-state index contributed by atoms with van der Waals surface area (Å²) in [4.78, 5) is 21.8. The number of carboxylic acids is 1. The molecule has 0 radical (unpaired) electrons. The molecular weight excluding hydrogens is 298 g/mol. The van der Waals surface area contributed by atoms with E-state index in [1.54, 1.807) is 24.3 Å². The standard InChI is InChI=1S/C16H19N3O2S/c1-10-11(2)17-16(18-14(10)19(3)4)22-9-12-5-7-13(8-6-12)15(20)21/h5-8H,9H2,1-4H3,(H,20,21)/p-1. The fourth-order valence-corrected chi connectivity index (χ4v) is 2.81. The summed E-state index contributed by atoms with van der Waals surface area (Å²) in [7, 11) is 3.92. The van der Waals surface area contributed by atoms with E-state index >= 15 is 0 Å². The van der Waals surface area contributed by atoms with Crippen LogP contribution in [0.3, 0.4) is 0 Å². The summed E-state index contributed by atoms with van der Waals surface area (Å²) in [6.07, 6.45) is 0. The molecule has 1 aromatic carbocycles. The Kier molecular flexibility index (Phi) is 5.03. The second-order valence-corrected chi connectivity index (χ2v) is 6.15. The van der Waals surface area contributed by atoms with Gasteiger partial charge in [0.25, 0.3) is 0 Å². The highest BCUT2D eigenvalue weighted by molar-refractivity contribution is 7.98. The van der Waals surface area contributed by atoms with Crippen molar-refractivity contribution in [1.82, 2.24) is 9.97 Å². The summed E-state index contributed by atoms with van der Waals surface area (Å²) in [5.41, 5.74) is 3.25. The molecule has 0 aliphatic heterocycles. The summed E-state index contributed by atoms with van der Waals surface area (Å²) < 4.78 is 0. The van der Waals surface area contributed by atoms with Crippen LogP contribution in [0.15, 0.2) is 29.4 Å². The number of benzene rings is 1. The first kappa shape index (κ1) is 16.3. The van der Waals surface area contributed by atoms with Crippen LogP contribution in [0.2, 0.25) is 0 Å². The highest BCUT2D eigenvalue weighted by Gasteiger charge is 2.10. The Morgan fingerprint density at radius 2 is 1.82 bits per heavy atom. The normalized spacial score (nSPS) is 10.5. The summed E-state index contributed by atoms with van der Waals surface area (Å²) in [6, 6.07) is 6.67. The van der Waals surface area contributed by atoms with E-state index in [1.165, 1.54) is 11.8 Å². The maximum Gasteiger partial charge on any atom is 0.190 e. The maximum absolute atomic E-state index is 10.7. The van der Waals surface area contributed by atoms with Gasteiger partial charge in [0.2, 0.25) is 0 Å². The van der Waals surface area contributed by atoms with E-state index < -0.39 is 5.97 Å². The van der Waals surface area contributed by atoms with Crippen molar-refractivity contribution in [2.24, 2.45) is 0 Å². The van der Waals surface area contributed by atoms with Crippen molar-refractivity contribution in [2.75, 3.05) is 19.0 Å². The summed E-state index contributed by atoms with van der Waals surface area (Å²) in [6.45, 7) is 3.99. The van der Waals surface area contributed by atoms with Crippen LogP contribution in [0, 0.1) is 13.8 Å². The molecule has 1 heterocycles. The molecule has 0 saturated carbocycles. The van der Waals surface area contributed by atoms with Crippen molar-refractivity contribution in [3.05, 3.63) is 46.6 Å². The number of aromatic nitrogens is 2. The SMILES string of the molecule is Cc1nc(SCc2ccc(C(=O)[O-])cc2)nc(N(C)C)c1C. The third-order valence-corrected chi connectivity index (χ3v) is 4.24. The number of thioether (sulfide) groups is 1. The molecule has 0 unspecified atom stereocenters. The number of carbonyl (C=O) groups is 1. The van der Waals surface area contributed by atoms with Gasteiger partial charge in [-0.15, -0.1) is 0 Å². The van der Waals surface area contributed by atoms with E-state index in [4.69, 9.17) is 0 Å². The molecule has 0 fully saturated rings. The van der Waals surface area contributed by atoms with Gasteiger partial charge in [-0.3, -0.25) is 0 Å². The highest BCUT2D eigenvalue weighted by Crippen LogP contribution is 2.25. The zero-order valence-electron chi connectivity index (χ0n) is 13.1. The summed E-state index contributed by atoms with van der Waals surface area (Å²) in [5.74, 6) is 0.442. The van der Waals surface area contributed by atoms with Crippen LogP contribution >= 0.6 is 11.8 Å². The largest absolute Gasteiger partial charge is 0.545 e. The van der Waals surface area contributed by atoms with Crippen LogP contribution in [0.1, 0.15) is 27.2 Å². The molecule has 0 spiro atoms. The molecule has 0 atom stereocenters. The predicted octanol–water partition coefficient (Wildman–Crippen LogP) is 1.82. The van der Waals surface area contributed by atoms with E-state index in [9.17, 15) is 9.90 Å². The van der Waals surface area contributed by atoms with E-state index in [-0.39, 0.29) is 5.56 Å². The summed E-state index contributed by atoms with van der Waals surface area (Å²) >= 11 is 1.53. The number of aromatic carboxylic acids is 1. The van der Waals surface area contributed by atoms with Crippen molar-refractivity contribution in [3.8, 4) is 0 Å². The van der Waals surface area contributed by atoms with Gasteiger partial charge < -0.3 is 14.8 Å². The Bertz CT molecular complexity index is 685. The predicted molar refractivity (Wildman–Crippen MR) is 86.2 cm³/mol. The number of anilines is 1. The number of rotatable bonds is 5. The van der Waals surface area contributed by atoms with E-state index in [2.05, 4.69) is 9.97 Å². The van der Waals surface area contributed by atoms with E-state index in [1.807, 2.05) is 32.8 Å². The molecular formula is C16H18N3O2S-. The number of nitrogens with zero attached hydrogens (tertiary/aromatic N) is 3. The quantitative estimate of drug-likeness (QED) is 0.619. The van der Waals surface area contributed by atoms with Crippen LogP contribution in [-0.4, -0.2) is 30.0 Å². The van der Waals surface area contributed by atoms with Gasteiger partial charge in [0, 0.05) is 31.1 Å². The first-order chi connectivity index (χ1) is 10.4. The Labute approximate surface area is 134 Å². The van der Waals surface area contributed by atoms with Gasteiger partial charge in [-0.2, -0.15) is 0 Å². The van der Waals surface area contributed by atoms with Gasteiger partial charge in [-0.05, 0) is 25.0 Å². The first-order valence-electron chi connectivity index (χ1n) is 6.84. The van der Waals surface area contributed by atoms with Gasteiger partial charge in [0.15, 0.2) is 5.16 Å². The lowest BCUT2D eigenvalue weighted by atomic mass is 10.1. The number of carboxylic acid groups (broad SMARTS) is 1. The lowest BCUT2D eigenvalue weighted by Gasteiger charge is -2.16. The molecule has 22 heavy (non-hydrogen) atoms. The van der Waals surface area contributed by atoms with Gasteiger partial charge >= 0.3 is 0 Å². The fourth-order valence-electron chi connectivity index (χ4n) is 1.97. The highest BCUT2D eigenvalue weighted by atomic mass is 32.2.